The van der Waals surface area contributed by atoms with E-state index in [4.69, 9.17) is 9.26 Å². The van der Waals surface area contributed by atoms with Crippen LogP contribution in [0.3, 0.4) is 0 Å². The second-order valence-electron chi connectivity index (χ2n) is 4.56. The van der Waals surface area contributed by atoms with E-state index < -0.39 is 6.61 Å². The summed E-state index contributed by atoms with van der Waals surface area (Å²) >= 11 is 0. The lowest BCUT2D eigenvalue weighted by molar-refractivity contribution is -0.0512. The van der Waals surface area contributed by atoms with Gasteiger partial charge in [-0.1, -0.05) is 18.1 Å². The van der Waals surface area contributed by atoms with Crippen molar-refractivity contribution in [1.29, 1.82) is 0 Å². The van der Waals surface area contributed by atoms with E-state index in [0.29, 0.717) is 23.3 Å². The third kappa shape index (κ3) is 4.18. The summed E-state index contributed by atoms with van der Waals surface area (Å²) in [4.78, 5) is 12.1. The van der Waals surface area contributed by atoms with Gasteiger partial charge in [-0.05, 0) is 17.7 Å². The van der Waals surface area contributed by atoms with Gasteiger partial charge in [0.25, 0.3) is 5.91 Å². The van der Waals surface area contributed by atoms with E-state index >= 15 is 0 Å². The van der Waals surface area contributed by atoms with Crippen molar-refractivity contribution in [2.24, 2.45) is 0 Å². The molecule has 0 spiro atoms. The van der Waals surface area contributed by atoms with Gasteiger partial charge in [0.1, 0.15) is 11.3 Å². The molecule has 23 heavy (non-hydrogen) atoms. The van der Waals surface area contributed by atoms with Gasteiger partial charge < -0.3 is 19.3 Å². The number of halogens is 2. The highest BCUT2D eigenvalue weighted by Gasteiger charge is 2.15. The molecular weight excluding hydrogens is 310 g/mol. The van der Waals surface area contributed by atoms with Crippen LogP contribution in [0, 0.1) is 0 Å². The molecule has 1 amide bonds. The Morgan fingerprint density at radius 1 is 1.39 bits per heavy atom. The molecule has 8 heteroatoms. The number of hydrogen-bond acceptors (Lipinski definition) is 5. The first-order valence-corrected chi connectivity index (χ1v) is 6.88. The number of nitrogens with zero attached hydrogens (tertiary/aromatic N) is 1. The Bertz CT molecular complexity index is 673. The minimum Gasteiger partial charge on any atom is -0.493 e. The highest BCUT2D eigenvalue weighted by molar-refractivity contribution is 5.94. The Kier molecular flexibility index (Phi) is 5.51. The summed E-state index contributed by atoms with van der Waals surface area (Å²) in [6.45, 7) is -0.983. The largest absolute Gasteiger partial charge is 0.493 e. The Labute approximate surface area is 131 Å². The minimum absolute atomic E-state index is 0.0894. The van der Waals surface area contributed by atoms with E-state index in [0.717, 1.165) is 0 Å². The number of benzene rings is 1. The van der Waals surface area contributed by atoms with Gasteiger partial charge in [0.05, 0.1) is 13.3 Å². The number of carbonyl (C=O) groups excluding carboxylic acids is 1. The fourth-order valence-electron chi connectivity index (χ4n) is 2.00. The van der Waals surface area contributed by atoms with Gasteiger partial charge >= 0.3 is 6.61 Å². The predicted molar refractivity (Wildman–Crippen MR) is 76.7 cm³/mol. The molecule has 0 aliphatic rings. The summed E-state index contributed by atoms with van der Waals surface area (Å²) in [5.41, 5.74) is 0.939. The first-order valence-electron chi connectivity index (χ1n) is 6.88. The van der Waals surface area contributed by atoms with Gasteiger partial charge in [0.2, 0.25) is 0 Å². The highest BCUT2D eigenvalue weighted by Crippen LogP contribution is 2.29. The standard InChI is InChI=1S/C15H16F2N2O4/c1-3-11-10(8-19-23-11)14(20)18-7-9-4-5-12(21-2)13(6-9)22-15(16)17/h4-6,8,15H,3,7H2,1-2H3,(H,18,20). The van der Waals surface area contributed by atoms with E-state index in [-0.39, 0.29) is 24.0 Å². The minimum atomic E-state index is -2.96. The van der Waals surface area contributed by atoms with Crippen molar-refractivity contribution in [2.45, 2.75) is 26.5 Å². The molecule has 1 heterocycles. The second kappa shape index (κ2) is 7.57. The molecule has 0 fully saturated rings. The second-order valence-corrected chi connectivity index (χ2v) is 4.56. The molecule has 2 rings (SSSR count). The molecule has 2 aromatic rings. The number of ether oxygens (including phenoxy) is 2. The number of hydrogen-bond donors (Lipinski definition) is 1. The van der Waals surface area contributed by atoms with Gasteiger partial charge in [-0.25, -0.2) is 0 Å². The lowest BCUT2D eigenvalue weighted by Gasteiger charge is -2.12. The third-order valence-corrected chi connectivity index (χ3v) is 3.11. The predicted octanol–water partition coefficient (Wildman–Crippen LogP) is 2.78. The van der Waals surface area contributed by atoms with E-state index in [2.05, 4.69) is 15.2 Å². The molecule has 0 atom stereocenters. The fourth-order valence-corrected chi connectivity index (χ4v) is 2.00. The Morgan fingerprint density at radius 2 is 2.17 bits per heavy atom. The summed E-state index contributed by atoms with van der Waals surface area (Å²) in [5, 5.41) is 6.25. The first-order chi connectivity index (χ1) is 11.0. The maximum atomic E-state index is 12.4. The van der Waals surface area contributed by atoms with Crippen LogP contribution in [0.5, 0.6) is 11.5 Å². The van der Waals surface area contributed by atoms with Crippen LogP contribution in [0.1, 0.15) is 28.6 Å². The Morgan fingerprint density at radius 3 is 2.83 bits per heavy atom. The van der Waals surface area contributed by atoms with Crippen molar-refractivity contribution in [1.82, 2.24) is 10.5 Å². The lowest BCUT2D eigenvalue weighted by atomic mass is 10.1. The number of carbonyl (C=O) groups is 1. The van der Waals surface area contributed by atoms with Crippen LogP contribution in [0.2, 0.25) is 0 Å². The van der Waals surface area contributed by atoms with Crippen LogP contribution in [0.15, 0.2) is 28.9 Å². The molecule has 1 aromatic heterocycles. The molecule has 0 unspecified atom stereocenters. The SMILES string of the molecule is CCc1oncc1C(=O)NCc1ccc(OC)c(OC(F)F)c1. The average molecular weight is 326 g/mol. The number of rotatable bonds is 7. The monoisotopic (exact) mass is 326 g/mol. The molecule has 0 aliphatic carbocycles. The van der Waals surface area contributed by atoms with Gasteiger partial charge in [-0.2, -0.15) is 8.78 Å². The van der Waals surface area contributed by atoms with Crippen molar-refractivity contribution in [3.05, 3.63) is 41.3 Å². The highest BCUT2D eigenvalue weighted by atomic mass is 19.3. The van der Waals surface area contributed by atoms with Gasteiger partial charge in [0.15, 0.2) is 11.5 Å². The summed E-state index contributed by atoms with van der Waals surface area (Å²) in [5.74, 6) is 0.232. The number of methoxy groups -OCH3 is 1. The van der Waals surface area contributed by atoms with Crippen molar-refractivity contribution in [3.63, 3.8) is 0 Å². The van der Waals surface area contributed by atoms with Crippen molar-refractivity contribution in [3.8, 4) is 11.5 Å². The van der Waals surface area contributed by atoms with Gasteiger partial charge in [0, 0.05) is 13.0 Å². The van der Waals surface area contributed by atoms with Crippen molar-refractivity contribution < 1.29 is 27.6 Å². The van der Waals surface area contributed by atoms with Crippen LogP contribution >= 0.6 is 0 Å². The summed E-state index contributed by atoms with van der Waals surface area (Å²) in [6, 6.07) is 4.53. The molecule has 6 nitrogen and oxygen atoms in total. The molecule has 0 aliphatic heterocycles. The molecular formula is C15H16F2N2O4. The van der Waals surface area contributed by atoms with Crippen LogP contribution < -0.4 is 14.8 Å². The average Bonchev–Trinajstić information content (AvgIpc) is 3.01. The molecule has 0 saturated carbocycles. The molecule has 0 saturated heterocycles. The van der Waals surface area contributed by atoms with Crippen LogP contribution in [0.25, 0.3) is 0 Å². The van der Waals surface area contributed by atoms with E-state index in [1.165, 1.54) is 25.4 Å². The number of aromatic nitrogens is 1. The van der Waals surface area contributed by atoms with E-state index in [9.17, 15) is 13.6 Å². The number of amides is 1. The van der Waals surface area contributed by atoms with Crippen molar-refractivity contribution in [2.75, 3.05) is 7.11 Å². The fraction of sp³-hybridized carbons (Fsp3) is 0.333. The number of alkyl halides is 2. The molecule has 0 bridgehead atoms. The quantitative estimate of drug-likeness (QED) is 0.847. The molecule has 0 radical (unpaired) electrons. The smallest absolute Gasteiger partial charge is 0.387 e. The summed E-state index contributed by atoms with van der Waals surface area (Å²) < 4.78 is 39.1. The Hall–Kier alpha value is -2.64. The van der Waals surface area contributed by atoms with Gasteiger partial charge in [-0.3, -0.25) is 4.79 Å². The maximum absolute atomic E-state index is 12.4. The van der Waals surface area contributed by atoms with E-state index in [1.54, 1.807) is 6.07 Å². The first kappa shape index (κ1) is 16.7. The molecule has 1 N–H and O–H groups in total. The van der Waals surface area contributed by atoms with Crippen LogP contribution in [0.4, 0.5) is 8.78 Å². The van der Waals surface area contributed by atoms with Gasteiger partial charge in [-0.15, -0.1) is 0 Å². The zero-order chi connectivity index (χ0) is 16.8. The zero-order valence-electron chi connectivity index (χ0n) is 12.6. The lowest BCUT2D eigenvalue weighted by Crippen LogP contribution is -2.23. The zero-order valence-corrected chi connectivity index (χ0v) is 12.6. The summed E-state index contributed by atoms with van der Waals surface area (Å²) in [6.07, 6.45) is 1.88. The summed E-state index contributed by atoms with van der Waals surface area (Å²) in [7, 11) is 1.35. The van der Waals surface area contributed by atoms with Crippen LogP contribution in [-0.2, 0) is 13.0 Å². The molecule has 1 aromatic carbocycles. The van der Waals surface area contributed by atoms with E-state index in [1.807, 2.05) is 6.92 Å². The third-order valence-electron chi connectivity index (χ3n) is 3.11. The maximum Gasteiger partial charge on any atom is 0.387 e. The molecule has 124 valence electrons. The Balaban J connectivity index is 2.07. The topological polar surface area (TPSA) is 73.6 Å². The van der Waals surface area contributed by atoms with Crippen LogP contribution in [-0.4, -0.2) is 24.8 Å². The number of aryl methyl sites for hydroxylation is 1. The van der Waals surface area contributed by atoms with Crippen molar-refractivity contribution >= 4 is 5.91 Å². The normalized spacial score (nSPS) is 10.7. The number of nitrogens with one attached hydrogen (secondary N) is 1.